The second-order valence-electron chi connectivity index (χ2n) is 5.87. The molecule has 1 saturated carbocycles. The molecule has 19 heavy (non-hydrogen) atoms. The highest BCUT2D eigenvalue weighted by atomic mass is 15.3. The lowest BCUT2D eigenvalue weighted by molar-refractivity contribution is 0.186. The molecule has 0 spiro atoms. The summed E-state index contributed by atoms with van der Waals surface area (Å²) in [7, 11) is 0. The lowest BCUT2D eigenvalue weighted by Crippen LogP contribution is -2.39. The van der Waals surface area contributed by atoms with E-state index in [0.29, 0.717) is 0 Å². The standard InChI is InChI=1S/C14H25N5/c1-2-19-14(16-11-17-19)10-18(13-5-6-13)9-12-4-3-7-15-8-12/h11-13,15H,2-10H2,1H3. The van der Waals surface area contributed by atoms with Crippen molar-refractivity contribution in [1.29, 1.82) is 0 Å². The molecule has 1 saturated heterocycles. The summed E-state index contributed by atoms with van der Waals surface area (Å²) in [6.07, 6.45) is 7.11. The van der Waals surface area contributed by atoms with Crippen molar-refractivity contribution in [2.45, 2.75) is 51.7 Å². The van der Waals surface area contributed by atoms with E-state index in [4.69, 9.17) is 0 Å². The van der Waals surface area contributed by atoms with E-state index in [-0.39, 0.29) is 0 Å². The first-order chi connectivity index (χ1) is 9.36. The van der Waals surface area contributed by atoms with Crippen molar-refractivity contribution in [3.05, 3.63) is 12.2 Å². The van der Waals surface area contributed by atoms with Crippen LogP contribution in [-0.2, 0) is 13.1 Å². The largest absolute Gasteiger partial charge is 0.316 e. The summed E-state index contributed by atoms with van der Waals surface area (Å²) < 4.78 is 2.02. The third-order valence-electron chi connectivity index (χ3n) is 4.29. The molecule has 1 aromatic heterocycles. The minimum Gasteiger partial charge on any atom is -0.316 e. The van der Waals surface area contributed by atoms with Crippen LogP contribution in [0.3, 0.4) is 0 Å². The average molecular weight is 263 g/mol. The molecule has 1 aliphatic carbocycles. The first kappa shape index (κ1) is 13.1. The lowest BCUT2D eigenvalue weighted by atomic mass is 9.99. The number of nitrogens with zero attached hydrogens (tertiary/aromatic N) is 4. The molecule has 0 bridgehead atoms. The molecule has 1 aliphatic heterocycles. The van der Waals surface area contributed by atoms with Gasteiger partial charge >= 0.3 is 0 Å². The van der Waals surface area contributed by atoms with Gasteiger partial charge in [0.1, 0.15) is 12.2 Å². The van der Waals surface area contributed by atoms with Crippen LogP contribution in [0.4, 0.5) is 0 Å². The van der Waals surface area contributed by atoms with Gasteiger partial charge in [0.15, 0.2) is 0 Å². The Morgan fingerprint density at radius 1 is 1.42 bits per heavy atom. The fourth-order valence-corrected chi connectivity index (χ4v) is 3.05. The van der Waals surface area contributed by atoms with Crippen LogP contribution >= 0.6 is 0 Å². The summed E-state index contributed by atoms with van der Waals surface area (Å²) in [5.41, 5.74) is 0. The zero-order valence-electron chi connectivity index (χ0n) is 11.9. The zero-order chi connectivity index (χ0) is 13.1. The van der Waals surface area contributed by atoms with Crippen LogP contribution in [-0.4, -0.2) is 45.3 Å². The summed E-state index contributed by atoms with van der Waals surface area (Å²) in [4.78, 5) is 7.06. The van der Waals surface area contributed by atoms with Gasteiger partial charge in [-0.2, -0.15) is 5.10 Å². The SMILES string of the molecule is CCn1ncnc1CN(CC1CCCNC1)C1CC1. The molecule has 1 unspecified atom stereocenters. The van der Waals surface area contributed by atoms with E-state index in [1.165, 1.54) is 45.3 Å². The molecule has 5 nitrogen and oxygen atoms in total. The monoisotopic (exact) mass is 263 g/mol. The van der Waals surface area contributed by atoms with Gasteiger partial charge in [0, 0.05) is 19.1 Å². The minimum absolute atomic E-state index is 0.795. The zero-order valence-corrected chi connectivity index (χ0v) is 11.9. The molecule has 2 heterocycles. The second kappa shape index (κ2) is 6.01. The fourth-order valence-electron chi connectivity index (χ4n) is 3.05. The predicted octanol–water partition coefficient (Wildman–Crippen LogP) is 1.26. The molecule has 1 atom stereocenters. The molecule has 0 radical (unpaired) electrons. The average Bonchev–Trinajstić information content (AvgIpc) is 3.20. The number of hydrogen-bond donors (Lipinski definition) is 1. The Hall–Kier alpha value is -0.940. The highest BCUT2D eigenvalue weighted by Gasteiger charge is 2.31. The number of hydrogen-bond acceptors (Lipinski definition) is 4. The second-order valence-corrected chi connectivity index (χ2v) is 5.87. The molecular weight excluding hydrogens is 238 g/mol. The van der Waals surface area contributed by atoms with Crippen molar-refractivity contribution in [2.24, 2.45) is 5.92 Å². The van der Waals surface area contributed by atoms with Crippen LogP contribution in [0, 0.1) is 5.92 Å². The molecule has 5 heteroatoms. The third kappa shape index (κ3) is 3.34. The minimum atomic E-state index is 0.795. The van der Waals surface area contributed by atoms with E-state index < -0.39 is 0 Å². The summed E-state index contributed by atoms with van der Waals surface area (Å²) in [5, 5.41) is 7.80. The quantitative estimate of drug-likeness (QED) is 0.839. The summed E-state index contributed by atoms with van der Waals surface area (Å²) >= 11 is 0. The smallest absolute Gasteiger partial charge is 0.141 e. The highest BCUT2D eigenvalue weighted by molar-refractivity contribution is 4.92. The van der Waals surface area contributed by atoms with E-state index in [2.05, 4.69) is 27.2 Å². The van der Waals surface area contributed by atoms with Gasteiger partial charge in [-0.15, -0.1) is 0 Å². The Morgan fingerprint density at radius 3 is 3.00 bits per heavy atom. The van der Waals surface area contributed by atoms with Crippen LogP contribution in [0.15, 0.2) is 6.33 Å². The third-order valence-corrected chi connectivity index (χ3v) is 4.29. The maximum absolute atomic E-state index is 4.42. The Labute approximate surface area is 115 Å². The number of aromatic nitrogens is 3. The summed E-state index contributed by atoms with van der Waals surface area (Å²) in [6.45, 7) is 7.61. The van der Waals surface area contributed by atoms with Crippen LogP contribution in [0.5, 0.6) is 0 Å². The van der Waals surface area contributed by atoms with E-state index >= 15 is 0 Å². The van der Waals surface area contributed by atoms with Crippen LogP contribution in [0.1, 0.15) is 38.4 Å². The van der Waals surface area contributed by atoms with Crippen molar-refractivity contribution in [3.8, 4) is 0 Å². The number of nitrogens with one attached hydrogen (secondary N) is 1. The van der Waals surface area contributed by atoms with E-state index in [9.17, 15) is 0 Å². The van der Waals surface area contributed by atoms with Crippen molar-refractivity contribution < 1.29 is 0 Å². The van der Waals surface area contributed by atoms with Gasteiger partial charge in [0.05, 0.1) is 6.54 Å². The maximum atomic E-state index is 4.42. The summed E-state index contributed by atoms with van der Waals surface area (Å²) in [6, 6.07) is 0.795. The first-order valence-electron chi connectivity index (χ1n) is 7.68. The van der Waals surface area contributed by atoms with Crippen LogP contribution in [0.2, 0.25) is 0 Å². The molecule has 106 valence electrons. The predicted molar refractivity (Wildman–Crippen MR) is 74.7 cm³/mol. The Balaban J connectivity index is 1.60. The first-order valence-corrected chi connectivity index (χ1v) is 7.68. The normalized spacial score (nSPS) is 24.0. The lowest BCUT2D eigenvalue weighted by Gasteiger charge is -2.30. The van der Waals surface area contributed by atoms with E-state index in [1.54, 1.807) is 6.33 Å². The van der Waals surface area contributed by atoms with Gasteiger partial charge in [-0.3, -0.25) is 4.90 Å². The highest BCUT2D eigenvalue weighted by Crippen LogP contribution is 2.29. The molecule has 0 amide bonds. The fraction of sp³-hybridized carbons (Fsp3) is 0.857. The molecule has 0 aromatic carbocycles. The van der Waals surface area contributed by atoms with E-state index in [1.807, 2.05) is 4.68 Å². The Kier molecular flexibility index (Phi) is 4.13. The molecular formula is C14H25N5. The van der Waals surface area contributed by atoms with Gasteiger partial charge in [0.2, 0.25) is 0 Å². The summed E-state index contributed by atoms with van der Waals surface area (Å²) in [5.74, 6) is 1.94. The van der Waals surface area contributed by atoms with Crippen LogP contribution < -0.4 is 5.32 Å². The maximum Gasteiger partial charge on any atom is 0.141 e. The van der Waals surface area contributed by atoms with Crippen molar-refractivity contribution >= 4 is 0 Å². The molecule has 3 rings (SSSR count). The van der Waals surface area contributed by atoms with E-state index in [0.717, 1.165) is 30.9 Å². The Morgan fingerprint density at radius 2 is 2.32 bits per heavy atom. The van der Waals surface area contributed by atoms with Gasteiger partial charge in [-0.05, 0) is 51.6 Å². The van der Waals surface area contributed by atoms with Crippen molar-refractivity contribution in [1.82, 2.24) is 25.0 Å². The molecule has 1 aromatic rings. The van der Waals surface area contributed by atoms with Gasteiger partial charge in [0.25, 0.3) is 0 Å². The Bertz CT molecular complexity index is 392. The number of piperidine rings is 1. The number of rotatable bonds is 6. The van der Waals surface area contributed by atoms with Crippen LogP contribution in [0.25, 0.3) is 0 Å². The number of aryl methyl sites for hydroxylation is 1. The van der Waals surface area contributed by atoms with Gasteiger partial charge < -0.3 is 5.32 Å². The molecule has 1 N–H and O–H groups in total. The molecule has 2 aliphatic rings. The molecule has 2 fully saturated rings. The van der Waals surface area contributed by atoms with Gasteiger partial charge in [-0.25, -0.2) is 9.67 Å². The van der Waals surface area contributed by atoms with Crippen molar-refractivity contribution in [3.63, 3.8) is 0 Å². The van der Waals surface area contributed by atoms with Gasteiger partial charge in [-0.1, -0.05) is 0 Å². The topological polar surface area (TPSA) is 46.0 Å². The van der Waals surface area contributed by atoms with Crippen molar-refractivity contribution in [2.75, 3.05) is 19.6 Å².